The Morgan fingerprint density at radius 3 is 2.21 bits per heavy atom. The summed E-state index contributed by atoms with van der Waals surface area (Å²) in [4.78, 5) is 36.8. The van der Waals surface area contributed by atoms with Gasteiger partial charge in [0, 0.05) is 12.3 Å². The fraction of sp³-hybridized carbons (Fsp3) is 0.346. The van der Waals surface area contributed by atoms with Crippen LogP contribution < -0.4 is 10.6 Å². The Morgan fingerprint density at radius 1 is 1.03 bits per heavy atom. The number of rotatable bonds is 10. The lowest BCUT2D eigenvalue weighted by Gasteiger charge is -2.20. The van der Waals surface area contributed by atoms with Crippen LogP contribution in [0.25, 0.3) is 11.1 Å². The monoisotopic (exact) mass is 480 g/mol. The molecule has 2 atom stereocenters. The number of carboxylic acids is 1. The number of amides is 2. The van der Waals surface area contributed by atoms with Gasteiger partial charge in [0.2, 0.25) is 5.91 Å². The maximum Gasteiger partial charge on any atom is 0.407 e. The lowest BCUT2D eigenvalue weighted by atomic mass is 9.98. The molecule has 7 nitrogen and oxygen atoms in total. The molecule has 0 saturated carbocycles. The highest BCUT2D eigenvalue weighted by Crippen LogP contribution is 2.44. The van der Waals surface area contributed by atoms with E-state index in [0.717, 1.165) is 22.3 Å². The van der Waals surface area contributed by atoms with Gasteiger partial charge in [-0.3, -0.25) is 4.79 Å². The fourth-order valence-corrected chi connectivity index (χ4v) is 4.43. The number of aliphatic carboxylic acids is 1. The van der Waals surface area contributed by atoms with Crippen LogP contribution >= 0.6 is 11.8 Å². The zero-order valence-electron chi connectivity index (χ0n) is 19.2. The van der Waals surface area contributed by atoms with Crippen LogP contribution in [0.5, 0.6) is 0 Å². The topological polar surface area (TPSA) is 105 Å². The highest BCUT2D eigenvalue weighted by Gasteiger charge is 2.30. The molecule has 0 spiro atoms. The Balaban J connectivity index is 1.65. The lowest BCUT2D eigenvalue weighted by Crippen LogP contribution is -2.51. The summed E-state index contributed by atoms with van der Waals surface area (Å²) >= 11 is 1.49. The molecule has 1 unspecified atom stereocenters. The van der Waals surface area contributed by atoms with Gasteiger partial charge in [0.25, 0.3) is 0 Å². The van der Waals surface area contributed by atoms with Crippen LogP contribution in [0, 0.1) is 11.8 Å². The van der Waals surface area contributed by atoms with Crippen molar-refractivity contribution in [1.82, 2.24) is 10.6 Å². The van der Waals surface area contributed by atoms with Gasteiger partial charge in [0.05, 0.1) is 0 Å². The van der Waals surface area contributed by atoms with Gasteiger partial charge in [-0.1, -0.05) is 48.5 Å². The molecule has 2 aromatic carbocycles. The fourth-order valence-electron chi connectivity index (χ4n) is 3.96. The average Bonchev–Trinajstić information content (AvgIpc) is 3.16. The first kappa shape index (κ1) is 25.2. The summed E-state index contributed by atoms with van der Waals surface area (Å²) in [6, 6.07) is 13.9. The van der Waals surface area contributed by atoms with Crippen molar-refractivity contribution in [2.75, 3.05) is 18.6 Å². The van der Waals surface area contributed by atoms with Gasteiger partial charge in [0.1, 0.15) is 18.7 Å². The highest BCUT2D eigenvalue weighted by atomic mass is 32.2. The van der Waals surface area contributed by atoms with E-state index in [9.17, 15) is 19.5 Å². The van der Waals surface area contributed by atoms with Crippen LogP contribution in [0.4, 0.5) is 4.79 Å². The Kier molecular flexibility index (Phi) is 9.00. The number of carbonyl (C=O) groups excluding carboxylic acids is 2. The number of fused-ring (bicyclic) bond motifs is 3. The molecule has 0 radical (unpaired) electrons. The quantitative estimate of drug-likeness (QED) is 0.449. The predicted octanol–water partition coefficient (Wildman–Crippen LogP) is 3.63. The predicted molar refractivity (Wildman–Crippen MR) is 133 cm³/mol. The lowest BCUT2D eigenvalue weighted by molar-refractivity contribution is -0.142. The van der Waals surface area contributed by atoms with Crippen LogP contribution in [-0.2, 0) is 14.3 Å². The second-order valence-electron chi connectivity index (χ2n) is 7.83. The maximum atomic E-state index is 12.7. The Morgan fingerprint density at radius 2 is 1.65 bits per heavy atom. The number of carbonyl (C=O) groups is 3. The summed E-state index contributed by atoms with van der Waals surface area (Å²) in [7, 11) is 0. The first-order chi connectivity index (χ1) is 16.5. The molecule has 0 aliphatic heterocycles. The van der Waals surface area contributed by atoms with E-state index in [1.54, 1.807) is 6.92 Å². The number of carboxylic acid groups (broad SMARTS) is 1. The van der Waals surface area contributed by atoms with Crippen molar-refractivity contribution in [3.63, 3.8) is 0 Å². The summed E-state index contributed by atoms with van der Waals surface area (Å²) in [6.07, 6.45) is 1.43. The number of hydrogen-bond acceptors (Lipinski definition) is 5. The number of alkyl carbamates (subject to hydrolysis) is 1. The molecule has 8 heteroatoms. The van der Waals surface area contributed by atoms with Crippen LogP contribution in [0.1, 0.15) is 36.8 Å². The first-order valence-corrected chi connectivity index (χ1v) is 12.4. The van der Waals surface area contributed by atoms with Gasteiger partial charge in [-0.2, -0.15) is 11.8 Å². The second kappa shape index (κ2) is 12.1. The van der Waals surface area contributed by atoms with Crippen LogP contribution in [0.2, 0.25) is 0 Å². The van der Waals surface area contributed by atoms with E-state index in [1.807, 2.05) is 54.8 Å². The normalized spacial score (nSPS) is 13.5. The standard InChI is InChI=1S/C26H28N2O5S/c1-3-4-13-22(24(29)27-23(25(30)31)14-15-34-2)28-26(32)33-16-21-19-11-7-5-9-17(19)18-10-6-8-12-20(18)21/h5-12,21-23H,13-16H2,1-2H3,(H,27,29)(H,28,32)(H,30,31)/t22?,23-/m1/s1. The second-order valence-corrected chi connectivity index (χ2v) is 8.82. The summed E-state index contributed by atoms with van der Waals surface area (Å²) in [5.41, 5.74) is 4.40. The van der Waals surface area contributed by atoms with E-state index in [0.29, 0.717) is 5.75 Å². The molecule has 2 amide bonds. The molecule has 0 heterocycles. The van der Waals surface area contributed by atoms with Crippen molar-refractivity contribution in [2.24, 2.45) is 0 Å². The number of benzene rings is 2. The summed E-state index contributed by atoms with van der Waals surface area (Å²) in [5.74, 6) is 4.21. The third-order valence-corrected chi connectivity index (χ3v) is 6.30. The third kappa shape index (κ3) is 6.12. The molecule has 0 bridgehead atoms. The van der Waals surface area contributed by atoms with Crippen LogP contribution in [0.15, 0.2) is 48.5 Å². The van der Waals surface area contributed by atoms with E-state index in [-0.39, 0.29) is 25.4 Å². The van der Waals surface area contributed by atoms with Gasteiger partial charge < -0.3 is 20.5 Å². The van der Waals surface area contributed by atoms with Crippen molar-refractivity contribution < 1.29 is 24.2 Å². The first-order valence-electron chi connectivity index (χ1n) is 11.0. The van der Waals surface area contributed by atoms with E-state index in [4.69, 9.17) is 4.74 Å². The van der Waals surface area contributed by atoms with Crippen molar-refractivity contribution in [2.45, 2.75) is 37.8 Å². The van der Waals surface area contributed by atoms with E-state index >= 15 is 0 Å². The summed E-state index contributed by atoms with van der Waals surface area (Å²) in [5, 5.41) is 14.4. The zero-order chi connectivity index (χ0) is 24.5. The van der Waals surface area contributed by atoms with E-state index in [2.05, 4.69) is 22.5 Å². The van der Waals surface area contributed by atoms with Gasteiger partial charge in [-0.05, 0) is 47.6 Å². The van der Waals surface area contributed by atoms with Crippen LogP contribution in [0.3, 0.4) is 0 Å². The van der Waals surface area contributed by atoms with Crippen LogP contribution in [-0.4, -0.2) is 53.8 Å². The number of hydrogen-bond donors (Lipinski definition) is 3. The minimum Gasteiger partial charge on any atom is -0.480 e. The number of ether oxygens (including phenoxy) is 1. The Bertz CT molecular complexity index is 1060. The number of nitrogens with one attached hydrogen (secondary N) is 2. The van der Waals surface area contributed by atoms with Gasteiger partial charge in [-0.25, -0.2) is 9.59 Å². The number of thioether (sulfide) groups is 1. The molecule has 178 valence electrons. The molecule has 0 fully saturated rings. The van der Waals surface area contributed by atoms with Crippen molar-refractivity contribution in [3.8, 4) is 23.0 Å². The minimum atomic E-state index is -1.12. The maximum absolute atomic E-state index is 12.7. The van der Waals surface area contributed by atoms with Gasteiger partial charge in [0.15, 0.2) is 0 Å². The molecular weight excluding hydrogens is 452 g/mol. The van der Waals surface area contributed by atoms with Crippen molar-refractivity contribution in [3.05, 3.63) is 59.7 Å². The van der Waals surface area contributed by atoms with Gasteiger partial charge >= 0.3 is 12.1 Å². The van der Waals surface area contributed by atoms with Gasteiger partial charge in [-0.15, -0.1) is 11.8 Å². The van der Waals surface area contributed by atoms with E-state index < -0.39 is 30.1 Å². The third-order valence-electron chi connectivity index (χ3n) is 5.66. The SMILES string of the molecule is CC#CCC(NC(=O)OCC1c2ccccc2-c2ccccc21)C(=O)N[C@H](CCSC)C(=O)O. The molecular formula is C26H28N2O5S. The Hall–Kier alpha value is -3.44. The molecule has 0 aromatic heterocycles. The smallest absolute Gasteiger partial charge is 0.407 e. The average molecular weight is 481 g/mol. The molecule has 1 aliphatic rings. The molecule has 0 saturated heterocycles. The Labute approximate surface area is 203 Å². The summed E-state index contributed by atoms with van der Waals surface area (Å²) in [6.45, 7) is 1.74. The zero-order valence-corrected chi connectivity index (χ0v) is 20.0. The molecule has 3 N–H and O–H groups in total. The van der Waals surface area contributed by atoms with Crippen molar-refractivity contribution in [1.29, 1.82) is 0 Å². The van der Waals surface area contributed by atoms with E-state index in [1.165, 1.54) is 11.8 Å². The molecule has 34 heavy (non-hydrogen) atoms. The highest BCUT2D eigenvalue weighted by molar-refractivity contribution is 7.98. The molecule has 3 rings (SSSR count). The largest absolute Gasteiger partial charge is 0.480 e. The minimum absolute atomic E-state index is 0.0431. The van der Waals surface area contributed by atoms with Crippen molar-refractivity contribution >= 4 is 29.7 Å². The summed E-state index contributed by atoms with van der Waals surface area (Å²) < 4.78 is 5.52. The molecule has 1 aliphatic carbocycles. The molecule has 2 aromatic rings.